The summed E-state index contributed by atoms with van der Waals surface area (Å²) < 4.78 is 0. The summed E-state index contributed by atoms with van der Waals surface area (Å²) in [5.41, 5.74) is 5.53. The summed E-state index contributed by atoms with van der Waals surface area (Å²) >= 11 is 1.60. The van der Waals surface area contributed by atoms with Crippen LogP contribution in [-0.2, 0) is 11.2 Å². The predicted octanol–water partition coefficient (Wildman–Crippen LogP) is 4.54. The van der Waals surface area contributed by atoms with E-state index in [-0.39, 0.29) is 5.91 Å². The molecule has 0 aliphatic carbocycles. The highest BCUT2D eigenvalue weighted by Gasteiger charge is 2.05. The van der Waals surface area contributed by atoms with Gasteiger partial charge in [-0.2, -0.15) is 0 Å². The van der Waals surface area contributed by atoms with Crippen molar-refractivity contribution in [2.45, 2.75) is 20.3 Å². The van der Waals surface area contributed by atoms with Crippen LogP contribution in [0.3, 0.4) is 0 Å². The maximum atomic E-state index is 10.9. The first kappa shape index (κ1) is 17.2. The Kier molecular flexibility index (Phi) is 5.46. The number of nitrogens with one attached hydrogen (secondary N) is 2. The first-order chi connectivity index (χ1) is 12.1. The van der Waals surface area contributed by atoms with E-state index in [9.17, 15) is 4.79 Å². The van der Waals surface area contributed by atoms with Crippen LogP contribution in [0.4, 0.5) is 10.8 Å². The van der Waals surface area contributed by atoms with E-state index in [1.807, 2.05) is 12.1 Å². The number of carbonyl (C=O) groups is 1. The molecule has 0 aliphatic heterocycles. The van der Waals surface area contributed by atoms with Crippen molar-refractivity contribution < 1.29 is 4.79 Å². The van der Waals surface area contributed by atoms with Gasteiger partial charge >= 0.3 is 0 Å². The van der Waals surface area contributed by atoms with Gasteiger partial charge in [0, 0.05) is 30.1 Å². The Bertz CT molecular complexity index is 855. The van der Waals surface area contributed by atoms with Crippen LogP contribution in [0.1, 0.15) is 18.1 Å². The lowest BCUT2D eigenvalue weighted by molar-refractivity contribution is -0.118. The molecule has 25 heavy (non-hydrogen) atoms. The Balaban J connectivity index is 1.64. The Morgan fingerprint density at radius 2 is 1.96 bits per heavy atom. The van der Waals surface area contributed by atoms with Crippen molar-refractivity contribution >= 4 is 28.1 Å². The number of nitrogens with zero attached hydrogens (tertiary/aromatic N) is 1. The van der Waals surface area contributed by atoms with E-state index in [1.54, 1.807) is 11.3 Å². The third-order valence-corrected chi connectivity index (χ3v) is 4.57. The minimum atomic E-state index is 0.00716. The van der Waals surface area contributed by atoms with E-state index in [0.717, 1.165) is 28.5 Å². The van der Waals surface area contributed by atoms with E-state index in [0.29, 0.717) is 6.54 Å². The van der Waals surface area contributed by atoms with Crippen molar-refractivity contribution in [2.24, 2.45) is 0 Å². The average Bonchev–Trinajstić information content (AvgIpc) is 3.04. The molecule has 1 heterocycles. The fraction of sp³-hybridized carbons (Fsp3) is 0.200. The number of hydrogen-bond donors (Lipinski definition) is 2. The van der Waals surface area contributed by atoms with E-state index in [2.05, 4.69) is 64.3 Å². The molecule has 0 atom stereocenters. The Hall–Kier alpha value is -2.66. The third kappa shape index (κ3) is 4.90. The van der Waals surface area contributed by atoms with Crippen LogP contribution in [0.25, 0.3) is 11.3 Å². The molecule has 4 nitrogen and oxygen atoms in total. The Morgan fingerprint density at radius 3 is 2.68 bits per heavy atom. The highest BCUT2D eigenvalue weighted by molar-refractivity contribution is 7.14. The summed E-state index contributed by atoms with van der Waals surface area (Å²) in [5.74, 6) is 0.00716. The quantitative estimate of drug-likeness (QED) is 0.685. The molecule has 5 heteroatoms. The fourth-order valence-corrected chi connectivity index (χ4v) is 3.27. The van der Waals surface area contributed by atoms with Gasteiger partial charge in [0.05, 0.1) is 5.69 Å². The van der Waals surface area contributed by atoms with Gasteiger partial charge in [0.2, 0.25) is 5.91 Å². The molecule has 0 aliphatic rings. The molecular formula is C20H21N3OS. The van der Waals surface area contributed by atoms with Crippen molar-refractivity contribution in [3.05, 3.63) is 65.0 Å². The zero-order valence-corrected chi connectivity index (χ0v) is 15.2. The normalized spacial score (nSPS) is 10.5. The van der Waals surface area contributed by atoms with Crippen molar-refractivity contribution in [3.8, 4) is 11.3 Å². The highest BCUT2D eigenvalue weighted by atomic mass is 32.1. The largest absolute Gasteiger partial charge is 0.356 e. The topological polar surface area (TPSA) is 54.0 Å². The van der Waals surface area contributed by atoms with Gasteiger partial charge in [0.15, 0.2) is 5.13 Å². The molecule has 0 saturated heterocycles. The van der Waals surface area contributed by atoms with Crippen molar-refractivity contribution in [1.29, 1.82) is 0 Å². The van der Waals surface area contributed by atoms with Gasteiger partial charge in [-0.15, -0.1) is 11.3 Å². The number of rotatable bonds is 6. The molecule has 3 rings (SSSR count). The minimum absolute atomic E-state index is 0.00716. The molecule has 0 bridgehead atoms. The first-order valence-corrected chi connectivity index (χ1v) is 9.11. The van der Waals surface area contributed by atoms with Gasteiger partial charge < -0.3 is 10.6 Å². The van der Waals surface area contributed by atoms with Crippen LogP contribution < -0.4 is 10.6 Å². The van der Waals surface area contributed by atoms with Gasteiger partial charge in [-0.25, -0.2) is 4.98 Å². The zero-order chi connectivity index (χ0) is 17.6. The summed E-state index contributed by atoms with van der Waals surface area (Å²) in [4.78, 5) is 15.6. The molecule has 1 amide bonds. The number of aryl methyl sites for hydroxylation is 1. The van der Waals surface area contributed by atoms with Crippen LogP contribution in [0.15, 0.2) is 53.9 Å². The lowest BCUT2D eigenvalue weighted by Gasteiger charge is -2.04. The zero-order valence-electron chi connectivity index (χ0n) is 14.4. The second-order valence-corrected chi connectivity index (χ2v) is 6.82. The number of anilines is 2. The molecule has 0 unspecified atom stereocenters. The van der Waals surface area contributed by atoms with Crippen LogP contribution in [0.2, 0.25) is 0 Å². The molecule has 128 valence electrons. The first-order valence-electron chi connectivity index (χ1n) is 8.23. The van der Waals surface area contributed by atoms with E-state index >= 15 is 0 Å². The van der Waals surface area contributed by atoms with Crippen LogP contribution in [-0.4, -0.2) is 17.4 Å². The predicted molar refractivity (Wildman–Crippen MR) is 104 cm³/mol. The number of benzene rings is 2. The molecule has 2 aromatic carbocycles. The molecule has 0 fully saturated rings. The van der Waals surface area contributed by atoms with Crippen LogP contribution in [0, 0.1) is 6.92 Å². The number of hydrogen-bond acceptors (Lipinski definition) is 4. The summed E-state index contributed by atoms with van der Waals surface area (Å²) in [6.45, 7) is 4.27. The van der Waals surface area contributed by atoms with Crippen LogP contribution in [0.5, 0.6) is 0 Å². The number of amides is 1. The molecule has 3 aromatic rings. The SMILES string of the molecule is CC(=O)NCCc1ccc(-c2csc(Nc3cccc(C)c3)n2)cc1. The summed E-state index contributed by atoms with van der Waals surface area (Å²) in [7, 11) is 0. The van der Waals surface area contributed by atoms with Gasteiger partial charge in [0.1, 0.15) is 0 Å². The van der Waals surface area contributed by atoms with Crippen molar-refractivity contribution in [2.75, 3.05) is 11.9 Å². The van der Waals surface area contributed by atoms with Gasteiger partial charge in [-0.3, -0.25) is 4.79 Å². The molecule has 0 spiro atoms. The standard InChI is InChI=1S/C20H21N3OS/c1-14-4-3-5-18(12-14)22-20-23-19(13-25-20)17-8-6-16(7-9-17)10-11-21-15(2)24/h3-9,12-13H,10-11H2,1-2H3,(H,21,24)(H,22,23). The minimum Gasteiger partial charge on any atom is -0.356 e. The lowest BCUT2D eigenvalue weighted by Crippen LogP contribution is -2.22. The molecular weight excluding hydrogens is 330 g/mol. The highest BCUT2D eigenvalue weighted by Crippen LogP contribution is 2.27. The molecule has 0 radical (unpaired) electrons. The van der Waals surface area contributed by atoms with Crippen LogP contribution >= 0.6 is 11.3 Å². The smallest absolute Gasteiger partial charge is 0.216 e. The van der Waals surface area contributed by atoms with E-state index < -0.39 is 0 Å². The molecule has 1 aromatic heterocycles. The Labute approximate surface area is 151 Å². The third-order valence-electron chi connectivity index (χ3n) is 3.81. The summed E-state index contributed by atoms with van der Waals surface area (Å²) in [6, 6.07) is 16.6. The average molecular weight is 351 g/mol. The van der Waals surface area contributed by atoms with Gasteiger partial charge in [-0.1, -0.05) is 36.4 Å². The second kappa shape index (κ2) is 7.94. The maximum Gasteiger partial charge on any atom is 0.216 e. The summed E-state index contributed by atoms with van der Waals surface area (Å²) in [5, 5.41) is 9.11. The molecule has 2 N–H and O–H groups in total. The van der Waals surface area contributed by atoms with Gasteiger partial charge in [0.25, 0.3) is 0 Å². The fourth-order valence-electron chi connectivity index (χ4n) is 2.54. The summed E-state index contributed by atoms with van der Waals surface area (Å²) in [6.07, 6.45) is 0.830. The van der Waals surface area contributed by atoms with E-state index in [4.69, 9.17) is 0 Å². The number of aromatic nitrogens is 1. The Morgan fingerprint density at radius 1 is 1.16 bits per heavy atom. The maximum absolute atomic E-state index is 10.9. The lowest BCUT2D eigenvalue weighted by atomic mass is 10.1. The van der Waals surface area contributed by atoms with Crippen molar-refractivity contribution in [3.63, 3.8) is 0 Å². The van der Waals surface area contributed by atoms with E-state index in [1.165, 1.54) is 18.1 Å². The monoisotopic (exact) mass is 351 g/mol. The number of thiazole rings is 1. The van der Waals surface area contributed by atoms with Crippen molar-refractivity contribution in [1.82, 2.24) is 10.3 Å². The van der Waals surface area contributed by atoms with Gasteiger partial charge in [-0.05, 0) is 36.6 Å². The molecule has 0 saturated carbocycles. The second-order valence-electron chi connectivity index (χ2n) is 5.96. The number of carbonyl (C=O) groups excluding carboxylic acids is 1.